The minimum Gasteiger partial charge on any atom is -0.338 e. The number of fused-ring (bicyclic) bond motifs is 2. The molecule has 0 amide bonds. The molecule has 0 atom stereocenters. The van der Waals surface area contributed by atoms with Crippen molar-refractivity contribution in [3.8, 4) is 0 Å². The van der Waals surface area contributed by atoms with E-state index in [4.69, 9.17) is 12.2 Å². The smallest absolute Gasteiger partial charge is 0.199 e. The third-order valence-corrected chi connectivity index (χ3v) is 5.68. The third-order valence-electron chi connectivity index (χ3n) is 4.56. The summed E-state index contributed by atoms with van der Waals surface area (Å²) in [5.74, 6) is 1.56. The average Bonchev–Trinajstić information content (AvgIpc) is 3.32. The topological polar surface area (TPSA) is 40.7 Å². The van der Waals surface area contributed by atoms with Crippen LogP contribution in [0.15, 0.2) is 47.8 Å². The zero-order valence-corrected chi connectivity index (χ0v) is 14.5. The number of aromatic amines is 1. The first-order valence-corrected chi connectivity index (χ1v) is 9.34. The Hall–Kier alpha value is -2.24. The van der Waals surface area contributed by atoms with Crippen molar-refractivity contribution in [1.29, 1.82) is 0 Å². The average molecular weight is 349 g/mol. The number of nitrogens with zero attached hydrogens (tertiary/aromatic N) is 1. The van der Waals surface area contributed by atoms with Crippen LogP contribution in [0.25, 0.3) is 21.0 Å². The summed E-state index contributed by atoms with van der Waals surface area (Å²) in [4.78, 5) is 7.64. The van der Waals surface area contributed by atoms with Gasteiger partial charge in [0.05, 0.1) is 10.2 Å². The molecule has 2 aromatic carbocycles. The predicted molar refractivity (Wildman–Crippen MR) is 104 cm³/mol. The minimum atomic E-state index is 0.502. The van der Waals surface area contributed by atoms with Gasteiger partial charge >= 0.3 is 0 Å². The summed E-state index contributed by atoms with van der Waals surface area (Å²) in [5, 5.41) is 8.15. The highest BCUT2D eigenvalue weighted by atomic mass is 32.1. The molecule has 3 nitrogen and oxygen atoms in total. The van der Waals surface area contributed by atoms with E-state index in [1.54, 1.807) is 11.3 Å². The Morgan fingerprint density at radius 2 is 1.92 bits per heavy atom. The van der Waals surface area contributed by atoms with Gasteiger partial charge in [0.2, 0.25) is 0 Å². The lowest BCUT2D eigenvalue weighted by Crippen LogP contribution is -1.97. The summed E-state index contributed by atoms with van der Waals surface area (Å²) < 4.78 is 1.60. The van der Waals surface area contributed by atoms with Gasteiger partial charge < -0.3 is 10.3 Å². The maximum atomic E-state index is 5.27. The van der Waals surface area contributed by atoms with E-state index in [0.717, 1.165) is 27.6 Å². The zero-order chi connectivity index (χ0) is 16.1. The molecule has 5 heteroatoms. The highest BCUT2D eigenvalue weighted by Gasteiger charge is 2.25. The summed E-state index contributed by atoms with van der Waals surface area (Å²) in [6, 6.07) is 15.1. The molecule has 5 rings (SSSR count). The molecule has 1 aliphatic rings. The second-order valence-corrected chi connectivity index (χ2v) is 7.50. The number of nitrogens with one attached hydrogen (secondary N) is 2. The summed E-state index contributed by atoms with van der Waals surface area (Å²) in [6.45, 7) is 0. The van der Waals surface area contributed by atoms with Crippen LogP contribution in [0.4, 0.5) is 11.5 Å². The van der Waals surface area contributed by atoms with Crippen molar-refractivity contribution in [2.75, 3.05) is 5.32 Å². The van der Waals surface area contributed by atoms with Gasteiger partial charge in [0.25, 0.3) is 0 Å². The van der Waals surface area contributed by atoms with Crippen molar-refractivity contribution in [2.45, 2.75) is 18.8 Å². The van der Waals surface area contributed by atoms with Crippen LogP contribution in [-0.2, 0) is 0 Å². The Morgan fingerprint density at radius 3 is 2.75 bits per heavy atom. The number of benzene rings is 2. The number of H-pyrrole nitrogens is 1. The largest absolute Gasteiger partial charge is 0.338 e. The molecule has 0 aliphatic heterocycles. The van der Waals surface area contributed by atoms with Crippen LogP contribution in [0.3, 0.4) is 0 Å². The molecular formula is C19H15N3S2. The van der Waals surface area contributed by atoms with Gasteiger partial charge in [-0.25, -0.2) is 4.98 Å². The van der Waals surface area contributed by atoms with Crippen LogP contribution >= 0.6 is 23.6 Å². The summed E-state index contributed by atoms with van der Waals surface area (Å²) in [7, 11) is 0. The van der Waals surface area contributed by atoms with Gasteiger partial charge in [-0.15, -0.1) is 11.3 Å². The lowest BCUT2D eigenvalue weighted by atomic mass is 9.99. The molecule has 1 aliphatic carbocycles. The Morgan fingerprint density at radius 1 is 1.08 bits per heavy atom. The van der Waals surface area contributed by atoms with Crippen molar-refractivity contribution in [1.82, 2.24) is 9.97 Å². The highest BCUT2D eigenvalue weighted by Crippen LogP contribution is 2.44. The van der Waals surface area contributed by atoms with Crippen LogP contribution in [0.1, 0.15) is 24.3 Å². The number of rotatable bonds is 3. The van der Waals surface area contributed by atoms with E-state index >= 15 is 0 Å². The zero-order valence-electron chi connectivity index (χ0n) is 12.9. The van der Waals surface area contributed by atoms with E-state index in [1.165, 1.54) is 29.2 Å². The first-order valence-electron chi connectivity index (χ1n) is 8.06. The van der Waals surface area contributed by atoms with Crippen LogP contribution in [0.5, 0.6) is 0 Å². The number of anilines is 2. The SMILES string of the molecule is S=c1nc(Nc2ccc(C3CC3)c3ccccc23)c2sccc2[nH]1. The maximum Gasteiger partial charge on any atom is 0.199 e. The van der Waals surface area contributed by atoms with Gasteiger partial charge in [-0.2, -0.15) is 0 Å². The van der Waals surface area contributed by atoms with E-state index in [1.807, 2.05) is 6.07 Å². The first-order chi connectivity index (χ1) is 11.8. The quantitative estimate of drug-likeness (QED) is 0.437. The molecule has 1 fully saturated rings. The molecular weight excluding hydrogens is 334 g/mol. The fourth-order valence-electron chi connectivity index (χ4n) is 3.28. The Labute approximate surface area is 148 Å². The van der Waals surface area contributed by atoms with E-state index in [2.05, 4.69) is 57.1 Å². The van der Waals surface area contributed by atoms with Crippen molar-refractivity contribution >= 4 is 56.0 Å². The molecule has 1 saturated carbocycles. The molecule has 2 aromatic heterocycles. The lowest BCUT2D eigenvalue weighted by Gasteiger charge is -2.13. The molecule has 4 aromatic rings. The normalized spacial score (nSPS) is 14.3. The molecule has 2 heterocycles. The molecule has 2 N–H and O–H groups in total. The monoisotopic (exact) mass is 349 g/mol. The van der Waals surface area contributed by atoms with Crippen LogP contribution in [0, 0.1) is 4.77 Å². The second kappa shape index (κ2) is 5.40. The summed E-state index contributed by atoms with van der Waals surface area (Å²) in [6.07, 6.45) is 2.62. The fraction of sp³-hybridized carbons (Fsp3) is 0.158. The molecule has 0 unspecified atom stereocenters. The number of aromatic nitrogens is 2. The van der Waals surface area contributed by atoms with E-state index in [9.17, 15) is 0 Å². The molecule has 118 valence electrons. The van der Waals surface area contributed by atoms with Gasteiger partial charge in [-0.05, 0) is 59.4 Å². The van der Waals surface area contributed by atoms with Crippen LogP contribution in [-0.4, -0.2) is 9.97 Å². The first kappa shape index (κ1) is 14.1. The Kier molecular flexibility index (Phi) is 3.18. The lowest BCUT2D eigenvalue weighted by molar-refractivity contribution is 1.15. The van der Waals surface area contributed by atoms with Crippen LogP contribution < -0.4 is 5.32 Å². The molecule has 0 saturated heterocycles. The fourth-order valence-corrected chi connectivity index (χ4v) is 4.28. The van der Waals surface area contributed by atoms with E-state index < -0.39 is 0 Å². The van der Waals surface area contributed by atoms with Crippen molar-refractivity contribution in [2.24, 2.45) is 0 Å². The van der Waals surface area contributed by atoms with E-state index in [-0.39, 0.29) is 0 Å². The number of hydrogen-bond donors (Lipinski definition) is 2. The summed E-state index contributed by atoms with van der Waals surface area (Å²) >= 11 is 6.93. The van der Waals surface area contributed by atoms with Crippen molar-refractivity contribution in [3.05, 3.63) is 58.2 Å². The Balaban J connectivity index is 1.68. The van der Waals surface area contributed by atoms with Crippen LogP contribution in [0.2, 0.25) is 0 Å². The standard InChI is InChI=1S/C19H15N3S2/c23-19-21-16-9-10-24-17(16)18(22-19)20-15-8-7-12(11-5-6-11)13-3-1-2-4-14(13)15/h1-4,7-11H,5-6H2,(H2,20,21,22,23). The predicted octanol–water partition coefficient (Wildman–Crippen LogP) is 6.13. The Bertz CT molecular complexity index is 1120. The summed E-state index contributed by atoms with van der Waals surface area (Å²) in [5.41, 5.74) is 3.58. The van der Waals surface area contributed by atoms with Gasteiger partial charge in [0.1, 0.15) is 0 Å². The molecule has 0 bridgehead atoms. The number of hydrogen-bond acceptors (Lipinski definition) is 4. The maximum absolute atomic E-state index is 5.27. The molecule has 0 radical (unpaired) electrons. The highest BCUT2D eigenvalue weighted by molar-refractivity contribution is 7.71. The van der Waals surface area contributed by atoms with E-state index in [0.29, 0.717) is 4.77 Å². The van der Waals surface area contributed by atoms with Gasteiger partial charge in [0.15, 0.2) is 10.6 Å². The molecule has 24 heavy (non-hydrogen) atoms. The van der Waals surface area contributed by atoms with Gasteiger partial charge in [-0.1, -0.05) is 30.3 Å². The molecule has 0 spiro atoms. The van der Waals surface area contributed by atoms with Crippen molar-refractivity contribution < 1.29 is 0 Å². The second-order valence-electron chi connectivity index (χ2n) is 6.20. The van der Waals surface area contributed by atoms with Gasteiger partial charge in [-0.3, -0.25) is 0 Å². The third kappa shape index (κ3) is 2.32. The van der Waals surface area contributed by atoms with Crippen molar-refractivity contribution in [3.63, 3.8) is 0 Å². The van der Waals surface area contributed by atoms with Gasteiger partial charge in [0, 0.05) is 11.1 Å². The number of thiophene rings is 1. The minimum absolute atomic E-state index is 0.502.